The van der Waals surface area contributed by atoms with Gasteiger partial charge in [-0.1, -0.05) is 0 Å². The van der Waals surface area contributed by atoms with Crippen LogP contribution in [0.5, 0.6) is 0 Å². The molecule has 10 atom stereocenters. The topological polar surface area (TPSA) is 433 Å². The minimum atomic E-state index is -5.75. The Labute approximate surface area is 299 Å². The minimum Gasteiger partial charge on any atom is -0.394 e. The molecule has 0 bridgehead atoms. The van der Waals surface area contributed by atoms with Gasteiger partial charge in [0.05, 0.1) is 25.9 Å². The Balaban J connectivity index is 0.000000228. The van der Waals surface area contributed by atoms with Gasteiger partial charge in [0.25, 0.3) is 11.1 Å². The van der Waals surface area contributed by atoms with Gasteiger partial charge < -0.3 is 65.3 Å². The van der Waals surface area contributed by atoms with Crippen LogP contribution in [0.15, 0.2) is 22.2 Å². The standard InChI is InChI=1S/C12H16N4O5.C11H18N5O14P3/c1-5-14-9-7(10(19)15-5)13-4-16(9)11-12(2,20)8(18)6(3-17)21-11;1-11(19)6(17)4(2-27-32(23,24)30-33(25,26)29-31(20,21)22)28-9(11)16-3-13-5-7(16)14-10(12)15-8(5)18/h4,6,8,11,17-18,20H,3H2,1-2H3,(H,14,15,19);3-4,6,9,17,19H,2H2,1H3,(H,23,24)(H,25,26)(H2,20,21,22)(H3,12,14,15,18)/t6-,8+,11-,12?;4-,6+,9-,11?/m11/s1. The molecule has 0 aliphatic carbocycles. The third-order valence-corrected chi connectivity index (χ3v) is 11.8. The summed E-state index contributed by atoms with van der Waals surface area (Å²) >= 11 is 0. The molecule has 300 valence electrons. The molecular formula is C23H34N9O19P3. The van der Waals surface area contributed by atoms with Crippen molar-refractivity contribution in [2.75, 3.05) is 18.9 Å². The summed E-state index contributed by atoms with van der Waals surface area (Å²) in [4.78, 5) is 80.1. The molecule has 28 nitrogen and oxygen atoms in total. The molecule has 4 aromatic heterocycles. The number of ether oxygens (including phenoxy) is 2. The highest BCUT2D eigenvalue weighted by Gasteiger charge is 2.55. The van der Waals surface area contributed by atoms with Gasteiger partial charge in [0.15, 0.2) is 34.8 Å². The van der Waals surface area contributed by atoms with Crippen LogP contribution in [0, 0.1) is 6.92 Å². The Morgan fingerprint density at radius 1 is 0.833 bits per heavy atom. The van der Waals surface area contributed by atoms with E-state index in [0.29, 0.717) is 5.82 Å². The number of H-pyrrole nitrogens is 2. The molecule has 4 unspecified atom stereocenters. The van der Waals surface area contributed by atoms with E-state index >= 15 is 0 Å². The SMILES string of the molecule is CC1(O)[C@@H](O)[C@@H](COP(=O)(O)OP(=O)(O)OP(=O)(O)O)O[C@H]1n1cnc2c(=O)[nH]c(N)nc21.Cc1nc2c(ncn2[C@@H]2O[C@H](CO)[C@H](O)C2(C)O)c(=O)[nH]1. The maximum absolute atomic E-state index is 11.9. The van der Waals surface area contributed by atoms with Crippen molar-refractivity contribution in [3.05, 3.63) is 39.2 Å². The van der Waals surface area contributed by atoms with E-state index in [1.165, 1.54) is 17.8 Å². The van der Waals surface area contributed by atoms with Gasteiger partial charge in [0, 0.05) is 0 Å². The smallest absolute Gasteiger partial charge is 0.394 e. The van der Waals surface area contributed by atoms with E-state index in [2.05, 4.69) is 43.0 Å². The second-order valence-electron chi connectivity index (χ2n) is 12.2. The highest BCUT2D eigenvalue weighted by Crippen LogP contribution is 2.66. The summed E-state index contributed by atoms with van der Waals surface area (Å²) in [7, 11) is -16.8. The van der Waals surface area contributed by atoms with E-state index < -0.39 is 95.9 Å². The maximum Gasteiger partial charge on any atom is 0.490 e. The predicted molar refractivity (Wildman–Crippen MR) is 173 cm³/mol. The number of aliphatic hydroxyl groups is 5. The number of aliphatic hydroxyl groups excluding tert-OH is 3. The summed E-state index contributed by atoms with van der Waals surface area (Å²) in [5, 5.41) is 50.8. The zero-order chi connectivity index (χ0) is 40.3. The third-order valence-electron chi connectivity index (χ3n) is 8.01. The van der Waals surface area contributed by atoms with Crippen LogP contribution in [-0.2, 0) is 36.3 Å². The van der Waals surface area contributed by atoms with E-state index in [1.807, 2.05) is 0 Å². The molecule has 6 heterocycles. The number of rotatable bonds is 10. The molecule has 2 aliphatic rings. The van der Waals surface area contributed by atoms with Crippen LogP contribution in [-0.4, -0.2) is 133 Å². The van der Waals surface area contributed by atoms with Crippen LogP contribution in [0.3, 0.4) is 0 Å². The number of hydrogen-bond donors (Lipinski definition) is 12. The van der Waals surface area contributed by atoms with Crippen molar-refractivity contribution in [2.24, 2.45) is 0 Å². The van der Waals surface area contributed by atoms with E-state index in [1.54, 1.807) is 6.92 Å². The molecule has 54 heavy (non-hydrogen) atoms. The molecule has 0 saturated carbocycles. The normalized spacial score (nSPS) is 31.0. The van der Waals surface area contributed by atoms with Gasteiger partial charge in [0.1, 0.15) is 41.4 Å². The summed E-state index contributed by atoms with van der Waals surface area (Å²) in [5.74, 6) is 0.114. The fourth-order valence-electron chi connectivity index (χ4n) is 5.56. The highest BCUT2D eigenvalue weighted by atomic mass is 31.3. The Morgan fingerprint density at radius 2 is 1.31 bits per heavy atom. The van der Waals surface area contributed by atoms with Gasteiger partial charge in [-0.3, -0.25) is 28.2 Å². The molecule has 6 rings (SSSR count). The predicted octanol–water partition coefficient (Wildman–Crippen LogP) is -3.52. The zero-order valence-corrected chi connectivity index (χ0v) is 30.4. The molecular weight excluding hydrogens is 799 g/mol. The van der Waals surface area contributed by atoms with Crippen molar-refractivity contribution in [3.63, 3.8) is 0 Å². The van der Waals surface area contributed by atoms with E-state index in [-0.39, 0.29) is 28.3 Å². The number of hydrogen-bond acceptors (Lipinski definition) is 20. The van der Waals surface area contributed by atoms with E-state index in [0.717, 1.165) is 17.8 Å². The van der Waals surface area contributed by atoms with Crippen molar-refractivity contribution in [3.8, 4) is 0 Å². The number of phosphoric acid groups is 3. The first-order valence-electron chi connectivity index (χ1n) is 14.9. The molecule has 0 amide bonds. The molecule has 13 N–H and O–H groups in total. The number of imidazole rings is 2. The molecule has 0 radical (unpaired) electrons. The number of aryl methyl sites for hydroxylation is 1. The second kappa shape index (κ2) is 14.6. The largest absolute Gasteiger partial charge is 0.490 e. The number of nitrogens with one attached hydrogen (secondary N) is 2. The minimum absolute atomic E-state index is 0.113. The van der Waals surface area contributed by atoms with Gasteiger partial charge in [-0.2, -0.15) is 13.6 Å². The lowest BCUT2D eigenvalue weighted by Crippen LogP contribution is -2.44. The molecule has 0 spiro atoms. The molecule has 2 saturated heterocycles. The fourth-order valence-corrected chi connectivity index (χ4v) is 8.59. The number of nitrogens with zero attached hydrogens (tertiary/aromatic N) is 6. The lowest BCUT2D eigenvalue weighted by Gasteiger charge is -2.27. The summed E-state index contributed by atoms with van der Waals surface area (Å²) in [6.45, 7) is 2.67. The first-order valence-corrected chi connectivity index (χ1v) is 19.5. The first kappa shape index (κ1) is 41.8. The lowest BCUT2D eigenvalue weighted by atomic mass is 9.96. The molecule has 2 aliphatic heterocycles. The van der Waals surface area contributed by atoms with Crippen LogP contribution < -0.4 is 16.9 Å². The lowest BCUT2D eigenvalue weighted by molar-refractivity contribution is -0.0950. The number of phosphoric ester groups is 1. The first-order chi connectivity index (χ1) is 24.8. The van der Waals surface area contributed by atoms with Crippen molar-refractivity contribution < 1.29 is 81.4 Å². The monoisotopic (exact) mass is 833 g/mol. The van der Waals surface area contributed by atoms with Crippen LogP contribution in [0.2, 0.25) is 0 Å². The number of nitrogens with two attached hydrogens (primary N) is 1. The van der Waals surface area contributed by atoms with E-state index in [4.69, 9.17) is 29.9 Å². The van der Waals surface area contributed by atoms with Gasteiger partial charge in [0.2, 0.25) is 5.95 Å². The van der Waals surface area contributed by atoms with Gasteiger partial charge >= 0.3 is 23.5 Å². The van der Waals surface area contributed by atoms with E-state index in [9.17, 15) is 53.7 Å². The maximum atomic E-state index is 11.9. The zero-order valence-electron chi connectivity index (χ0n) is 27.7. The quantitative estimate of drug-likeness (QED) is 0.0689. The van der Waals surface area contributed by atoms with Gasteiger partial charge in [-0.15, -0.1) is 0 Å². The molecule has 2 fully saturated rings. The van der Waals surface area contributed by atoms with Crippen LogP contribution in [0.4, 0.5) is 5.95 Å². The molecule has 4 aromatic rings. The van der Waals surface area contributed by atoms with Crippen molar-refractivity contribution in [1.29, 1.82) is 0 Å². The Morgan fingerprint density at radius 3 is 1.81 bits per heavy atom. The van der Waals surface area contributed by atoms with Crippen LogP contribution >= 0.6 is 23.5 Å². The summed E-state index contributed by atoms with van der Waals surface area (Å²) in [6.07, 6.45) is -5.66. The number of nitrogen functional groups attached to an aromatic ring is 1. The van der Waals surface area contributed by atoms with Crippen molar-refractivity contribution in [1.82, 2.24) is 39.0 Å². The number of anilines is 1. The van der Waals surface area contributed by atoms with Crippen molar-refractivity contribution in [2.45, 2.75) is 68.8 Å². The third kappa shape index (κ3) is 8.40. The molecule has 0 aromatic carbocycles. The molecule has 31 heteroatoms. The Hall–Kier alpha value is -3.37. The number of aromatic nitrogens is 8. The van der Waals surface area contributed by atoms with Gasteiger partial charge in [-0.25, -0.2) is 28.6 Å². The summed E-state index contributed by atoms with van der Waals surface area (Å²) in [6, 6.07) is 0. The second-order valence-corrected chi connectivity index (χ2v) is 16.6. The summed E-state index contributed by atoms with van der Waals surface area (Å²) in [5.41, 5.74) is 0.705. The van der Waals surface area contributed by atoms with Crippen molar-refractivity contribution >= 4 is 51.7 Å². The Bertz CT molecular complexity index is 2300. The number of aromatic amines is 2. The average Bonchev–Trinajstić information content (AvgIpc) is 3.74. The average molecular weight is 833 g/mol. The highest BCUT2D eigenvalue weighted by molar-refractivity contribution is 7.66. The number of fused-ring (bicyclic) bond motifs is 2. The van der Waals surface area contributed by atoms with Crippen LogP contribution in [0.25, 0.3) is 22.3 Å². The van der Waals surface area contributed by atoms with Crippen LogP contribution in [0.1, 0.15) is 32.1 Å². The summed E-state index contributed by atoms with van der Waals surface area (Å²) < 4.78 is 58.9. The van der Waals surface area contributed by atoms with Gasteiger partial charge in [-0.05, 0) is 20.8 Å². The Kier molecular flexibility index (Phi) is 11.3. The fraction of sp³-hybridized carbons (Fsp3) is 0.565.